The molecule has 6 heteroatoms. The van der Waals surface area contributed by atoms with Crippen LogP contribution in [-0.2, 0) is 14.2 Å². The molecule has 1 aromatic rings. The Kier molecular flexibility index (Phi) is 5.16. The number of carbonyl (C=O) groups is 1. The lowest BCUT2D eigenvalue weighted by molar-refractivity contribution is -0.300. The van der Waals surface area contributed by atoms with E-state index in [2.05, 4.69) is 0 Å². The highest BCUT2D eigenvalue weighted by molar-refractivity contribution is 5.96. The second-order valence-corrected chi connectivity index (χ2v) is 7.33. The lowest BCUT2D eigenvalue weighted by Crippen LogP contribution is -2.49. The number of aromatic hydroxyl groups is 1. The second kappa shape index (κ2) is 7.03. The Balaban J connectivity index is 1.79. The largest absolute Gasteiger partial charge is 0.508 e. The van der Waals surface area contributed by atoms with Gasteiger partial charge in [0.2, 0.25) is 0 Å². The van der Waals surface area contributed by atoms with E-state index in [1.54, 1.807) is 33.3 Å². The van der Waals surface area contributed by atoms with Crippen LogP contribution in [0.3, 0.4) is 0 Å². The highest BCUT2D eigenvalue weighted by Gasteiger charge is 2.57. The van der Waals surface area contributed by atoms with E-state index in [-0.39, 0.29) is 29.3 Å². The molecule has 1 saturated heterocycles. The van der Waals surface area contributed by atoms with E-state index in [4.69, 9.17) is 14.2 Å². The minimum Gasteiger partial charge on any atom is -0.508 e. The first kappa shape index (κ1) is 18.3. The summed E-state index contributed by atoms with van der Waals surface area (Å²) in [5.74, 6) is 0.0633. The van der Waals surface area contributed by atoms with E-state index >= 15 is 0 Å². The predicted molar refractivity (Wildman–Crippen MR) is 90.1 cm³/mol. The van der Waals surface area contributed by atoms with E-state index in [1.165, 1.54) is 12.1 Å². The Labute approximate surface area is 147 Å². The number of ether oxygens (including phenoxy) is 3. The number of rotatable bonds is 5. The fraction of sp³-hybridized carbons (Fsp3) is 0.632. The highest BCUT2D eigenvalue weighted by atomic mass is 16.8. The van der Waals surface area contributed by atoms with Crippen molar-refractivity contribution in [3.63, 3.8) is 0 Å². The molecule has 1 aliphatic heterocycles. The molecule has 6 nitrogen and oxygen atoms in total. The van der Waals surface area contributed by atoms with Gasteiger partial charge in [0, 0.05) is 38.5 Å². The van der Waals surface area contributed by atoms with E-state index in [9.17, 15) is 15.0 Å². The van der Waals surface area contributed by atoms with Crippen LogP contribution < -0.4 is 0 Å². The van der Waals surface area contributed by atoms with Gasteiger partial charge >= 0.3 is 0 Å². The van der Waals surface area contributed by atoms with Crippen molar-refractivity contribution in [2.75, 3.05) is 14.2 Å². The van der Waals surface area contributed by atoms with Crippen molar-refractivity contribution in [1.29, 1.82) is 0 Å². The third kappa shape index (κ3) is 3.58. The summed E-state index contributed by atoms with van der Waals surface area (Å²) in [6.07, 6.45) is 0.546. The number of methoxy groups -OCH3 is 2. The molecule has 6 atom stereocenters. The van der Waals surface area contributed by atoms with Crippen LogP contribution >= 0.6 is 0 Å². The lowest BCUT2D eigenvalue weighted by Gasteiger charge is -2.42. The van der Waals surface area contributed by atoms with E-state index in [1.807, 2.05) is 0 Å². The smallest absolute Gasteiger partial charge is 0.166 e. The topological polar surface area (TPSA) is 85.2 Å². The molecule has 0 spiro atoms. The summed E-state index contributed by atoms with van der Waals surface area (Å²) >= 11 is 0. The Morgan fingerprint density at radius 3 is 2.56 bits per heavy atom. The molecule has 1 aromatic carbocycles. The quantitative estimate of drug-likeness (QED) is 0.793. The Bertz CT molecular complexity index is 611. The molecule has 1 saturated carbocycles. The van der Waals surface area contributed by atoms with Gasteiger partial charge in [0.15, 0.2) is 18.4 Å². The van der Waals surface area contributed by atoms with Gasteiger partial charge in [0.25, 0.3) is 0 Å². The Morgan fingerprint density at radius 1 is 1.28 bits per heavy atom. The maximum Gasteiger partial charge on any atom is 0.166 e. The summed E-state index contributed by atoms with van der Waals surface area (Å²) in [7, 11) is 3.15. The molecule has 1 aliphatic carbocycles. The van der Waals surface area contributed by atoms with Gasteiger partial charge < -0.3 is 24.4 Å². The predicted octanol–water partition coefficient (Wildman–Crippen LogP) is 2.33. The summed E-state index contributed by atoms with van der Waals surface area (Å²) in [5.41, 5.74) is -0.385. The van der Waals surface area contributed by atoms with E-state index < -0.39 is 18.2 Å². The Hall–Kier alpha value is -1.47. The van der Waals surface area contributed by atoms with Crippen LogP contribution in [0.4, 0.5) is 0 Å². The second-order valence-electron chi connectivity index (χ2n) is 7.33. The first-order valence-corrected chi connectivity index (χ1v) is 8.61. The molecule has 0 amide bonds. The number of ketones is 1. The van der Waals surface area contributed by atoms with Gasteiger partial charge in [-0.15, -0.1) is 0 Å². The number of benzene rings is 1. The number of aliphatic hydroxyl groups is 1. The molecule has 138 valence electrons. The molecule has 1 heterocycles. The summed E-state index contributed by atoms with van der Waals surface area (Å²) in [5, 5.41) is 20.3. The molecule has 2 N–H and O–H groups in total. The van der Waals surface area contributed by atoms with Crippen LogP contribution in [0.5, 0.6) is 5.75 Å². The maximum absolute atomic E-state index is 12.6. The van der Waals surface area contributed by atoms with Crippen LogP contribution in [0.2, 0.25) is 0 Å². The van der Waals surface area contributed by atoms with Gasteiger partial charge in [-0.3, -0.25) is 4.79 Å². The van der Waals surface area contributed by atoms with Crippen LogP contribution in [-0.4, -0.2) is 48.4 Å². The van der Waals surface area contributed by atoms with Crippen molar-refractivity contribution in [3.05, 3.63) is 29.8 Å². The van der Waals surface area contributed by atoms with Crippen molar-refractivity contribution >= 4 is 5.78 Å². The minimum atomic E-state index is -0.954. The average molecular weight is 350 g/mol. The molecule has 0 radical (unpaired) electrons. The zero-order valence-corrected chi connectivity index (χ0v) is 14.8. The number of fused-ring (bicyclic) bond motifs is 1. The number of phenols is 1. The number of hydrogen-bond donors (Lipinski definition) is 2. The third-order valence-corrected chi connectivity index (χ3v) is 5.64. The summed E-state index contributed by atoms with van der Waals surface area (Å²) in [6.45, 7) is 1.79. The van der Waals surface area contributed by atoms with Crippen molar-refractivity contribution < 1.29 is 29.2 Å². The van der Waals surface area contributed by atoms with Crippen LogP contribution in [0.15, 0.2) is 24.3 Å². The van der Waals surface area contributed by atoms with Gasteiger partial charge in [-0.05, 0) is 49.4 Å². The summed E-state index contributed by atoms with van der Waals surface area (Å²) in [6, 6.07) is 6.28. The zero-order valence-electron chi connectivity index (χ0n) is 14.8. The molecule has 0 aromatic heterocycles. The van der Waals surface area contributed by atoms with Gasteiger partial charge in [-0.1, -0.05) is 0 Å². The fourth-order valence-corrected chi connectivity index (χ4v) is 4.50. The van der Waals surface area contributed by atoms with Gasteiger partial charge in [0.1, 0.15) is 5.75 Å². The van der Waals surface area contributed by atoms with Gasteiger partial charge in [-0.2, -0.15) is 0 Å². The zero-order chi connectivity index (χ0) is 18.2. The van der Waals surface area contributed by atoms with Crippen molar-refractivity contribution in [2.24, 2.45) is 17.8 Å². The first-order valence-electron chi connectivity index (χ1n) is 8.61. The molecule has 25 heavy (non-hydrogen) atoms. The minimum absolute atomic E-state index is 0.0101. The molecule has 2 aliphatic rings. The number of phenolic OH excluding ortho intramolecular Hbond substituents is 1. The summed E-state index contributed by atoms with van der Waals surface area (Å²) < 4.78 is 16.6. The van der Waals surface area contributed by atoms with E-state index in [0.717, 1.165) is 0 Å². The van der Waals surface area contributed by atoms with Crippen LogP contribution in [0, 0.1) is 17.8 Å². The number of carbonyl (C=O) groups excluding carboxylic acids is 1. The monoisotopic (exact) mass is 350 g/mol. The normalized spacial score (nSPS) is 37.7. The molecule has 0 bridgehead atoms. The van der Waals surface area contributed by atoms with Crippen LogP contribution in [0.25, 0.3) is 0 Å². The fourth-order valence-electron chi connectivity index (χ4n) is 4.50. The number of hydrogen-bond acceptors (Lipinski definition) is 6. The first-order chi connectivity index (χ1) is 11.9. The van der Waals surface area contributed by atoms with Crippen molar-refractivity contribution in [3.8, 4) is 5.75 Å². The van der Waals surface area contributed by atoms with Crippen molar-refractivity contribution in [1.82, 2.24) is 0 Å². The SMILES string of the molecule is COC1CC2C(CC(=O)c3ccc(O)cc3)CC(C)(O)C2C(OC)O1. The molecular formula is C19H26O6. The number of Topliss-reactive ketones (excluding diaryl/α,β-unsaturated/α-hetero) is 1. The van der Waals surface area contributed by atoms with Crippen LogP contribution in [0.1, 0.15) is 36.5 Å². The van der Waals surface area contributed by atoms with Gasteiger partial charge in [-0.25, -0.2) is 0 Å². The van der Waals surface area contributed by atoms with Gasteiger partial charge in [0.05, 0.1) is 5.60 Å². The standard InChI is InChI=1S/C19H26O6/c1-19(22)10-12(8-15(21)11-4-6-13(20)7-5-11)14-9-16(23-2)25-18(24-3)17(14)19/h4-7,12,14,16-18,20,22H,8-10H2,1-3H3. The van der Waals surface area contributed by atoms with Crippen molar-refractivity contribution in [2.45, 2.75) is 44.4 Å². The average Bonchev–Trinajstić information content (AvgIpc) is 2.85. The third-order valence-electron chi connectivity index (χ3n) is 5.64. The molecular weight excluding hydrogens is 324 g/mol. The maximum atomic E-state index is 12.6. The van der Waals surface area contributed by atoms with E-state index in [0.29, 0.717) is 24.8 Å². The summed E-state index contributed by atoms with van der Waals surface area (Å²) in [4.78, 5) is 12.6. The molecule has 6 unspecified atom stereocenters. The lowest BCUT2D eigenvalue weighted by atomic mass is 9.79. The molecule has 2 fully saturated rings. The highest BCUT2D eigenvalue weighted by Crippen LogP contribution is 2.53. The molecule has 3 rings (SSSR count). The Morgan fingerprint density at radius 2 is 1.96 bits per heavy atom.